The summed E-state index contributed by atoms with van der Waals surface area (Å²) in [6.45, 7) is 6.20. The van der Waals surface area contributed by atoms with Gasteiger partial charge in [-0.2, -0.15) is 0 Å². The maximum atomic E-state index is 11.6. The van der Waals surface area contributed by atoms with Crippen molar-refractivity contribution in [3.8, 4) is 0 Å². The Bertz CT molecular complexity index is 292. The van der Waals surface area contributed by atoms with E-state index in [0.29, 0.717) is 11.7 Å². The van der Waals surface area contributed by atoms with Gasteiger partial charge in [0.05, 0.1) is 0 Å². The molecule has 0 amide bonds. The lowest BCUT2D eigenvalue weighted by Crippen LogP contribution is -2.50. The van der Waals surface area contributed by atoms with Crippen molar-refractivity contribution < 1.29 is 4.79 Å². The van der Waals surface area contributed by atoms with E-state index < -0.39 is 0 Å². The predicted octanol–water partition coefficient (Wildman–Crippen LogP) is 1.53. The molecule has 0 aromatic heterocycles. The van der Waals surface area contributed by atoms with E-state index in [-0.39, 0.29) is 0 Å². The first kappa shape index (κ1) is 11.7. The maximum absolute atomic E-state index is 11.6. The van der Waals surface area contributed by atoms with Crippen molar-refractivity contribution in [1.82, 2.24) is 9.80 Å². The Labute approximate surface area is 104 Å². The van der Waals surface area contributed by atoms with Gasteiger partial charge in [0.1, 0.15) is 5.78 Å². The lowest BCUT2D eigenvalue weighted by Gasteiger charge is -2.37. The number of carbonyl (C=O) groups excluding carboxylic acids is 1. The first-order valence-electron chi connectivity index (χ1n) is 7.32. The van der Waals surface area contributed by atoms with Crippen molar-refractivity contribution in [2.45, 2.75) is 44.6 Å². The van der Waals surface area contributed by atoms with E-state index in [1.807, 2.05) is 0 Å². The summed E-state index contributed by atoms with van der Waals surface area (Å²) in [6.07, 6.45) is 7.03. The molecule has 2 atom stereocenters. The van der Waals surface area contributed by atoms with Crippen molar-refractivity contribution in [2.24, 2.45) is 5.92 Å². The van der Waals surface area contributed by atoms with Crippen LogP contribution in [0.3, 0.4) is 0 Å². The zero-order chi connectivity index (χ0) is 11.7. The van der Waals surface area contributed by atoms with E-state index in [1.165, 1.54) is 39.0 Å². The van der Waals surface area contributed by atoms with Crippen LogP contribution in [0.25, 0.3) is 0 Å². The Morgan fingerprint density at radius 3 is 2.88 bits per heavy atom. The summed E-state index contributed by atoms with van der Waals surface area (Å²) in [6, 6.07) is 0.822. The van der Waals surface area contributed by atoms with Crippen LogP contribution in [0.1, 0.15) is 38.5 Å². The molecule has 3 nitrogen and oxygen atoms in total. The number of hydrogen-bond donors (Lipinski definition) is 0. The van der Waals surface area contributed by atoms with Gasteiger partial charge in [0.2, 0.25) is 0 Å². The van der Waals surface area contributed by atoms with Crippen molar-refractivity contribution in [1.29, 1.82) is 0 Å². The summed E-state index contributed by atoms with van der Waals surface area (Å²) >= 11 is 0. The second kappa shape index (κ2) is 5.07. The molecular formula is C14H24N2O. The van der Waals surface area contributed by atoms with Crippen LogP contribution in [-0.2, 0) is 4.79 Å². The fraction of sp³-hybridized carbons (Fsp3) is 0.929. The number of piperazine rings is 1. The SMILES string of the molecule is O=C1CCCC1CCN1CCN2CCCC2C1. The van der Waals surface area contributed by atoms with Gasteiger partial charge in [-0.05, 0) is 45.2 Å². The Hall–Kier alpha value is -0.410. The summed E-state index contributed by atoms with van der Waals surface area (Å²) in [5.41, 5.74) is 0. The lowest BCUT2D eigenvalue weighted by molar-refractivity contribution is -0.120. The van der Waals surface area contributed by atoms with Crippen LogP contribution in [0.15, 0.2) is 0 Å². The van der Waals surface area contributed by atoms with Gasteiger partial charge in [0.15, 0.2) is 0 Å². The average Bonchev–Trinajstić information content (AvgIpc) is 2.94. The highest BCUT2D eigenvalue weighted by molar-refractivity contribution is 5.82. The molecule has 2 saturated heterocycles. The van der Waals surface area contributed by atoms with Crippen molar-refractivity contribution in [2.75, 3.05) is 32.7 Å². The van der Waals surface area contributed by atoms with Crippen molar-refractivity contribution in [3.05, 3.63) is 0 Å². The third-order valence-electron chi connectivity index (χ3n) is 4.90. The van der Waals surface area contributed by atoms with E-state index in [4.69, 9.17) is 0 Å². The number of carbonyl (C=O) groups is 1. The summed E-state index contributed by atoms with van der Waals surface area (Å²) in [5, 5.41) is 0. The number of ketones is 1. The quantitative estimate of drug-likeness (QED) is 0.742. The third-order valence-corrected chi connectivity index (χ3v) is 4.90. The molecule has 3 fully saturated rings. The van der Waals surface area contributed by atoms with Crippen LogP contribution < -0.4 is 0 Å². The number of hydrogen-bond acceptors (Lipinski definition) is 3. The minimum absolute atomic E-state index is 0.400. The molecule has 1 aliphatic carbocycles. The number of fused-ring (bicyclic) bond motifs is 1. The van der Waals surface area contributed by atoms with E-state index in [0.717, 1.165) is 38.3 Å². The number of nitrogens with zero attached hydrogens (tertiary/aromatic N) is 2. The molecule has 0 spiro atoms. The van der Waals surface area contributed by atoms with E-state index >= 15 is 0 Å². The molecule has 2 heterocycles. The van der Waals surface area contributed by atoms with E-state index in [2.05, 4.69) is 9.80 Å². The fourth-order valence-corrected chi connectivity index (χ4v) is 3.79. The summed E-state index contributed by atoms with van der Waals surface area (Å²) < 4.78 is 0. The first-order valence-corrected chi connectivity index (χ1v) is 7.32. The second-order valence-corrected chi connectivity index (χ2v) is 5.98. The highest BCUT2D eigenvalue weighted by Crippen LogP contribution is 2.26. The smallest absolute Gasteiger partial charge is 0.136 e. The number of rotatable bonds is 3. The van der Waals surface area contributed by atoms with Gasteiger partial charge < -0.3 is 4.90 Å². The van der Waals surface area contributed by atoms with Crippen LogP contribution in [-0.4, -0.2) is 54.3 Å². The number of Topliss-reactive ketones (excluding diaryl/α,β-unsaturated/α-hetero) is 1. The average molecular weight is 236 g/mol. The molecule has 0 aromatic carbocycles. The van der Waals surface area contributed by atoms with Crippen LogP contribution >= 0.6 is 0 Å². The van der Waals surface area contributed by atoms with E-state index in [1.54, 1.807) is 0 Å². The maximum Gasteiger partial charge on any atom is 0.136 e. The molecule has 17 heavy (non-hydrogen) atoms. The lowest BCUT2D eigenvalue weighted by atomic mass is 10.0. The molecule has 0 bridgehead atoms. The molecule has 0 N–H and O–H groups in total. The molecular weight excluding hydrogens is 212 g/mol. The van der Waals surface area contributed by atoms with Gasteiger partial charge >= 0.3 is 0 Å². The molecule has 0 aromatic rings. The Morgan fingerprint density at radius 1 is 1.12 bits per heavy atom. The predicted molar refractivity (Wildman–Crippen MR) is 68.0 cm³/mol. The van der Waals surface area contributed by atoms with Crippen LogP contribution in [0.5, 0.6) is 0 Å². The highest BCUT2D eigenvalue weighted by atomic mass is 16.1. The second-order valence-electron chi connectivity index (χ2n) is 5.98. The normalized spacial score (nSPS) is 35.4. The molecule has 96 valence electrons. The third kappa shape index (κ3) is 2.55. The van der Waals surface area contributed by atoms with E-state index in [9.17, 15) is 4.79 Å². The Balaban J connectivity index is 1.44. The molecule has 2 unspecified atom stereocenters. The minimum atomic E-state index is 0.400. The zero-order valence-electron chi connectivity index (χ0n) is 10.7. The highest BCUT2D eigenvalue weighted by Gasteiger charge is 2.31. The largest absolute Gasteiger partial charge is 0.300 e. The van der Waals surface area contributed by atoms with Crippen LogP contribution in [0, 0.1) is 5.92 Å². The van der Waals surface area contributed by atoms with Crippen molar-refractivity contribution >= 4 is 5.78 Å². The molecule has 3 aliphatic rings. The molecule has 2 aliphatic heterocycles. The van der Waals surface area contributed by atoms with Crippen LogP contribution in [0.4, 0.5) is 0 Å². The standard InChI is InChI=1S/C14H24N2O/c17-14-5-1-3-12(14)6-8-15-9-10-16-7-2-4-13(16)11-15/h12-13H,1-11H2. The summed E-state index contributed by atoms with van der Waals surface area (Å²) in [7, 11) is 0. The Kier molecular flexibility index (Phi) is 3.48. The van der Waals surface area contributed by atoms with Crippen molar-refractivity contribution in [3.63, 3.8) is 0 Å². The van der Waals surface area contributed by atoms with Crippen LogP contribution in [0.2, 0.25) is 0 Å². The molecule has 3 heteroatoms. The van der Waals surface area contributed by atoms with Gasteiger partial charge in [-0.25, -0.2) is 0 Å². The summed E-state index contributed by atoms with van der Waals surface area (Å²) in [5.74, 6) is 0.932. The first-order chi connectivity index (χ1) is 8.33. The molecule has 1 saturated carbocycles. The van der Waals surface area contributed by atoms with Gasteiger partial charge in [0, 0.05) is 38.0 Å². The van der Waals surface area contributed by atoms with Gasteiger partial charge in [-0.15, -0.1) is 0 Å². The zero-order valence-corrected chi connectivity index (χ0v) is 10.7. The van der Waals surface area contributed by atoms with Gasteiger partial charge in [-0.3, -0.25) is 9.69 Å². The molecule has 3 rings (SSSR count). The van der Waals surface area contributed by atoms with Gasteiger partial charge in [0.25, 0.3) is 0 Å². The summed E-state index contributed by atoms with van der Waals surface area (Å²) in [4.78, 5) is 16.8. The van der Waals surface area contributed by atoms with Gasteiger partial charge in [-0.1, -0.05) is 0 Å². The monoisotopic (exact) mass is 236 g/mol. The Morgan fingerprint density at radius 2 is 2.06 bits per heavy atom. The fourth-order valence-electron chi connectivity index (χ4n) is 3.79. The topological polar surface area (TPSA) is 23.6 Å². The molecule has 0 radical (unpaired) electrons. The minimum Gasteiger partial charge on any atom is -0.300 e.